The molecule has 1 atom stereocenters. The second kappa shape index (κ2) is 7.50. The second-order valence-corrected chi connectivity index (χ2v) is 7.46. The highest BCUT2D eigenvalue weighted by Gasteiger charge is 2.22. The number of aryl methyl sites for hydroxylation is 1. The lowest BCUT2D eigenvalue weighted by Gasteiger charge is -2.31. The molecule has 0 saturated carbocycles. The van der Waals surface area contributed by atoms with E-state index in [2.05, 4.69) is 35.8 Å². The first kappa shape index (κ1) is 15.1. The number of thiazole rings is 1. The van der Waals surface area contributed by atoms with Crippen LogP contribution >= 0.6 is 23.1 Å². The number of anilines is 1. The van der Waals surface area contributed by atoms with Gasteiger partial charge >= 0.3 is 0 Å². The zero-order chi connectivity index (χ0) is 13.7. The third-order valence-corrected chi connectivity index (χ3v) is 5.99. The number of nitrogens with one attached hydrogen (secondary N) is 1. The van der Waals surface area contributed by atoms with Gasteiger partial charge in [0.25, 0.3) is 0 Å². The molecule has 1 unspecified atom stereocenters. The average molecular weight is 300 g/mol. The minimum absolute atomic E-state index is 0.778. The molecule has 1 aliphatic heterocycles. The molecule has 0 aliphatic carbocycles. The molecule has 1 aliphatic rings. The summed E-state index contributed by atoms with van der Waals surface area (Å²) in [6.45, 7) is 7.79. The van der Waals surface area contributed by atoms with Crippen LogP contribution in [-0.2, 0) is 13.0 Å². The van der Waals surface area contributed by atoms with Gasteiger partial charge in [0.15, 0.2) is 5.13 Å². The van der Waals surface area contributed by atoms with Gasteiger partial charge < -0.3 is 10.2 Å². The lowest BCUT2D eigenvalue weighted by atomic mass is 10.2. The van der Waals surface area contributed by atoms with Crippen LogP contribution in [0, 0.1) is 0 Å². The van der Waals surface area contributed by atoms with E-state index in [0.717, 1.165) is 24.8 Å². The molecule has 5 heteroatoms. The molecule has 0 radical (unpaired) electrons. The van der Waals surface area contributed by atoms with E-state index in [0.29, 0.717) is 0 Å². The van der Waals surface area contributed by atoms with Gasteiger partial charge in [-0.2, -0.15) is 11.8 Å². The highest BCUT2D eigenvalue weighted by molar-refractivity contribution is 8.00. The predicted molar refractivity (Wildman–Crippen MR) is 87.6 cm³/mol. The first-order valence-electron chi connectivity index (χ1n) is 7.28. The van der Waals surface area contributed by atoms with Crippen molar-refractivity contribution in [2.24, 2.45) is 0 Å². The molecule has 0 bridgehead atoms. The van der Waals surface area contributed by atoms with E-state index < -0.39 is 0 Å². The zero-order valence-electron chi connectivity index (χ0n) is 12.2. The molecular formula is C14H25N3S2. The van der Waals surface area contributed by atoms with E-state index >= 15 is 0 Å². The first-order valence-corrected chi connectivity index (χ1v) is 9.14. The van der Waals surface area contributed by atoms with E-state index in [9.17, 15) is 0 Å². The van der Waals surface area contributed by atoms with Crippen LogP contribution in [0.4, 0.5) is 5.13 Å². The van der Waals surface area contributed by atoms with Gasteiger partial charge in [-0.1, -0.05) is 20.3 Å². The molecule has 1 fully saturated rings. The quantitative estimate of drug-likeness (QED) is 0.873. The SMILES string of the molecule is CCCc1nc(N2CCSC(CC)C2)sc1CNC. The number of nitrogens with zero attached hydrogens (tertiary/aromatic N) is 2. The van der Waals surface area contributed by atoms with Crippen LogP contribution < -0.4 is 10.2 Å². The zero-order valence-corrected chi connectivity index (χ0v) is 13.9. The summed E-state index contributed by atoms with van der Waals surface area (Å²) in [7, 11) is 2.01. The van der Waals surface area contributed by atoms with Crippen molar-refractivity contribution in [3.8, 4) is 0 Å². The Balaban J connectivity index is 2.12. The monoisotopic (exact) mass is 299 g/mol. The molecule has 0 spiro atoms. The second-order valence-electron chi connectivity index (χ2n) is 4.99. The molecule has 1 N–H and O–H groups in total. The third kappa shape index (κ3) is 3.86. The lowest BCUT2D eigenvalue weighted by molar-refractivity contribution is 0.723. The standard InChI is InChI=1S/C14H25N3S2/c1-4-6-12-13(9-15-3)19-14(16-12)17-7-8-18-11(5-2)10-17/h11,15H,4-10H2,1-3H3. The normalized spacial score (nSPS) is 19.9. The van der Waals surface area contributed by atoms with Crippen LogP contribution in [0.3, 0.4) is 0 Å². The highest BCUT2D eigenvalue weighted by atomic mass is 32.2. The summed E-state index contributed by atoms with van der Waals surface area (Å²) >= 11 is 4.00. The minimum atomic E-state index is 0.778. The smallest absolute Gasteiger partial charge is 0.185 e. The summed E-state index contributed by atoms with van der Waals surface area (Å²) in [5, 5.41) is 5.29. The van der Waals surface area contributed by atoms with Crippen LogP contribution in [0.15, 0.2) is 0 Å². The van der Waals surface area contributed by atoms with Crippen LogP contribution in [-0.4, -0.2) is 36.1 Å². The van der Waals surface area contributed by atoms with Gasteiger partial charge in [-0.25, -0.2) is 4.98 Å². The van der Waals surface area contributed by atoms with E-state index in [-0.39, 0.29) is 0 Å². The summed E-state index contributed by atoms with van der Waals surface area (Å²) < 4.78 is 0. The third-order valence-electron chi connectivity index (χ3n) is 3.46. The van der Waals surface area contributed by atoms with Gasteiger partial charge in [0.1, 0.15) is 0 Å². The molecule has 108 valence electrons. The lowest BCUT2D eigenvalue weighted by Crippen LogP contribution is -2.37. The Morgan fingerprint density at radius 3 is 2.95 bits per heavy atom. The molecule has 1 saturated heterocycles. The summed E-state index contributed by atoms with van der Waals surface area (Å²) in [6, 6.07) is 0. The molecule has 2 heterocycles. The predicted octanol–water partition coefficient (Wildman–Crippen LogP) is 3.15. The van der Waals surface area contributed by atoms with Gasteiger partial charge in [-0.3, -0.25) is 0 Å². The molecule has 19 heavy (non-hydrogen) atoms. The van der Waals surface area contributed by atoms with Crippen LogP contribution in [0.25, 0.3) is 0 Å². The molecule has 1 aromatic heterocycles. The van der Waals surface area contributed by atoms with E-state index in [1.807, 2.05) is 18.4 Å². The van der Waals surface area contributed by atoms with Crippen LogP contribution in [0.2, 0.25) is 0 Å². The van der Waals surface area contributed by atoms with Crippen molar-refractivity contribution in [2.45, 2.75) is 44.9 Å². The first-order chi connectivity index (χ1) is 9.28. The summed E-state index contributed by atoms with van der Waals surface area (Å²) in [5.41, 5.74) is 1.31. The van der Waals surface area contributed by atoms with Gasteiger partial charge in [0.05, 0.1) is 5.69 Å². The molecule has 1 aromatic rings. The van der Waals surface area contributed by atoms with E-state index in [1.165, 1.54) is 40.8 Å². The molecule has 3 nitrogen and oxygen atoms in total. The number of hydrogen-bond donors (Lipinski definition) is 1. The van der Waals surface area contributed by atoms with Crippen molar-refractivity contribution in [3.05, 3.63) is 10.6 Å². The fourth-order valence-corrected chi connectivity index (χ4v) is 4.71. The van der Waals surface area contributed by atoms with Crippen LogP contribution in [0.1, 0.15) is 37.3 Å². The Bertz CT molecular complexity index is 369. The van der Waals surface area contributed by atoms with Gasteiger partial charge in [0, 0.05) is 35.5 Å². The molecular weight excluding hydrogens is 274 g/mol. The average Bonchev–Trinajstić information content (AvgIpc) is 2.83. The number of hydrogen-bond acceptors (Lipinski definition) is 5. The maximum absolute atomic E-state index is 4.91. The summed E-state index contributed by atoms with van der Waals surface area (Å²) in [6.07, 6.45) is 3.54. The van der Waals surface area contributed by atoms with Crippen molar-refractivity contribution in [2.75, 3.05) is 30.8 Å². The van der Waals surface area contributed by atoms with E-state index in [1.54, 1.807) is 0 Å². The van der Waals surface area contributed by atoms with Crippen molar-refractivity contribution in [3.63, 3.8) is 0 Å². The van der Waals surface area contributed by atoms with Crippen molar-refractivity contribution in [1.29, 1.82) is 0 Å². The Kier molecular flexibility index (Phi) is 5.98. The van der Waals surface area contributed by atoms with Crippen LogP contribution in [0.5, 0.6) is 0 Å². The maximum Gasteiger partial charge on any atom is 0.185 e. The molecule has 0 amide bonds. The summed E-state index contributed by atoms with van der Waals surface area (Å²) in [5.74, 6) is 1.24. The Labute approximate surface area is 125 Å². The topological polar surface area (TPSA) is 28.2 Å². The summed E-state index contributed by atoms with van der Waals surface area (Å²) in [4.78, 5) is 8.82. The van der Waals surface area contributed by atoms with Gasteiger partial charge in [-0.05, 0) is 19.9 Å². The fraction of sp³-hybridized carbons (Fsp3) is 0.786. The number of aromatic nitrogens is 1. The number of thioether (sulfide) groups is 1. The van der Waals surface area contributed by atoms with Gasteiger partial charge in [-0.15, -0.1) is 11.3 Å². The van der Waals surface area contributed by atoms with Crippen molar-refractivity contribution in [1.82, 2.24) is 10.3 Å². The fourth-order valence-electron chi connectivity index (χ4n) is 2.38. The minimum Gasteiger partial charge on any atom is -0.346 e. The van der Waals surface area contributed by atoms with Crippen molar-refractivity contribution < 1.29 is 0 Å². The van der Waals surface area contributed by atoms with Crippen molar-refractivity contribution >= 4 is 28.2 Å². The van der Waals surface area contributed by atoms with Gasteiger partial charge in [0.2, 0.25) is 0 Å². The van der Waals surface area contributed by atoms with E-state index in [4.69, 9.17) is 4.98 Å². The largest absolute Gasteiger partial charge is 0.346 e. The highest BCUT2D eigenvalue weighted by Crippen LogP contribution is 2.31. The Hall–Kier alpha value is -0.260. The Morgan fingerprint density at radius 2 is 2.26 bits per heavy atom. The Morgan fingerprint density at radius 1 is 1.42 bits per heavy atom. The molecule has 2 rings (SSSR count). The molecule has 0 aromatic carbocycles. The maximum atomic E-state index is 4.91. The number of rotatable bonds is 6.